The maximum atomic E-state index is 4.33. The van der Waals surface area contributed by atoms with Crippen molar-refractivity contribution in [2.45, 2.75) is 27.2 Å². The van der Waals surface area contributed by atoms with Gasteiger partial charge in [0.2, 0.25) is 3.83 Å². The lowest BCUT2D eigenvalue weighted by Crippen LogP contribution is -2.13. The van der Waals surface area contributed by atoms with Crippen molar-refractivity contribution in [3.8, 4) is 0 Å². The Balaban J connectivity index is 2.82. The summed E-state index contributed by atoms with van der Waals surface area (Å²) < 4.78 is 2.68. The van der Waals surface area contributed by atoms with Gasteiger partial charge in [-0.2, -0.15) is 0 Å². The molecule has 1 rings (SSSR count). The van der Waals surface area contributed by atoms with Crippen LogP contribution in [0.2, 0.25) is 0 Å². The molecule has 0 atom stereocenters. The molecule has 0 bridgehead atoms. The van der Waals surface area contributed by atoms with Crippen molar-refractivity contribution < 1.29 is 0 Å². The molecular formula is C8H14IN3. The predicted octanol–water partition coefficient (Wildman–Crippen LogP) is 2.01. The Morgan fingerprint density at radius 1 is 1.42 bits per heavy atom. The monoisotopic (exact) mass is 279 g/mol. The van der Waals surface area contributed by atoms with Gasteiger partial charge in [0.05, 0.1) is 0 Å². The van der Waals surface area contributed by atoms with Gasteiger partial charge in [0.25, 0.3) is 0 Å². The highest BCUT2D eigenvalue weighted by molar-refractivity contribution is 14.1. The van der Waals surface area contributed by atoms with E-state index in [1.165, 1.54) is 0 Å². The molecular weight excluding hydrogens is 265 g/mol. The summed E-state index contributed by atoms with van der Waals surface area (Å²) in [7, 11) is 1.94. The van der Waals surface area contributed by atoms with Crippen molar-refractivity contribution in [2.24, 2.45) is 12.5 Å². The number of rotatable bonds is 1. The van der Waals surface area contributed by atoms with E-state index in [4.69, 9.17) is 0 Å². The van der Waals surface area contributed by atoms with Gasteiger partial charge in [-0.15, -0.1) is 5.10 Å². The zero-order valence-electron chi connectivity index (χ0n) is 7.93. The van der Waals surface area contributed by atoms with Crippen LogP contribution in [0.4, 0.5) is 0 Å². The molecule has 1 heterocycles. The minimum atomic E-state index is 0.282. The summed E-state index contributed by atoms with van der Waals surface area (Å²) >= 11 is 2.13. The van der Waals surface area contributed by atoms with Gasteiger partial charge in [0, 0.05) is 36.1 Å². The number of hydrogen-bond acceptors (Lipinski definition) is 2. The first-order valence-corrected chi connectivity index (χ1v) is 5.02. The average Bonchev–Trinajstić information content (AvgIpc) is 2.06. The highest BCUT2D eigenvalue weighted by Gasteiger charge is 2.15. The van der Waals surface area contributed by atoms with Crippen LogP contribution in [-0.2, 0) is 13.5 Å². The summed E-state index contributed by atoms with van der Waals surface area (Å²) in [4.78, 5) is 4.33. The second kappa shape index (κ2) is 3.32. The van der Waals surface area contributed by atoms with Crippen LogP contribution in [-0.4, -0.2) is 14.8 Å². The smallest absolute Gasteiger partial charge is 0.211 e. The highest BCUT2D eigenvalue weighted by atomic mass is 127. The van der Waals surface area contributed by atoms with Gasteiger partial charge in [-0.1, -0.05) is 20.8 Å². The summed E-state index contributed by atoms with van der Waals surface area (Å²) in [6.45, 7) is 6.61. The predicted molar refractivity (Wildman–Crippen MR) is 56.9 cm³/mol. The maximum absolute atomic E-state index is 4.33. The first-order valence-electron chi connectivity index (χ1n) is 3.94. The summed E-state index contributed by atoms with van der Waals surface area (Å²) in [6, 6.07) is 0. The van der Waals surface area contributed by atoms with E-state index in [-0.39, 0.29) is 5.41 Å². The van der Waals surface area contributed by atoms with Crippen LogP contribution >= 0.6 is 22.6 Å². The van der Waals surface area contributed by atoms with Crippen LogP contribution in [0, 0.1) is 9.25 Å². The van der Waals surface area contributed by atoms with Crippen LogP contribution in [0.1, 0.15) is 26.6 Å². The molecule has 4 heteroatoms. The van der Waals surface area contributed by atoms with E-state index in [9.17, 15) is 0 Å². The lowest BCUT2D eigenvalue weighted by molar-refractivity contribution is 0.392. The van der Waals surface area contributed by atoms with Crippen LogP contribution < -0.4 is 0 Å². The molecule has 0 aliphatic carbocycles. The Morgan fingerprint density at radius 2 is 2.00 bits per heavy atom. The molecule has 0 saturated heterocycles. The summed E-state index contributed by atoms with van der Waals surface area (Å²) in [6.07, 6.45) is 0.972. The summed E-state index contributed by atoms with van der Waals surface area (Å²) in [5.41, 5.74) is 0.282. The van der Waals surface area contributed by atoms with Crippen molar-refractivity contribution in [2.75, 3.05) is 0 Å². The van der Waals surface area contributed by atoms with Crippen molar-refractivity contribution >= 4 is 22.6 Å². The van der Waals surface area contributed by atoms with Crippen LogP contribution in [0.3, 0.4) is 0 Å². The first-order chi connectivity index (χ1) is 5.38. The van der Waals surface area contributed by atoms with E-state index in [0.29, 0.717) is 0 Å². The van der Waals surface area contributed by atoms with Crippen LogP contribution in [0.5, 0.6) is 0 Å². The van der Waals surface area contributed by atoms with Crippen molar-refractivity contribution in [3.05, 3.63) is 9.66 Å². The molecule has 1 aromatic heterocycles. The minimum absolute atomic E-state index is 0.282. The minimum Gasteiger partial charge on any atom is -0.252 e. The molecule has 0 aliphatic heterocycles. The lowest BCUT2D eigenvalue weighted by Gasteiger charge is -2.16. The lowest BCUT2D eigenvalue weighted by atomic mass is 9.92. The Bertz CT molecular complexity index is 272. The highest BCUT2D eigenvalue weighted by Crippen LogP contribution is 2.19. The third-order valence-corrected chi connectivity index (χ3v) is 1.97. The second-order valence-corrected chi connectivity index (χ2v) is 5.12. The van der Waals surface area contributed by atoms with Crippen LogP contribution in [0.15, 0.2) is 0 Å². The molecule has 12 heavy (non-hydrogen) atoms. The Kier molecular flexibility index (Phi) is 2.75. The maximum Gasteiger partial charge on any atom is 0.211 e. The topological polar surface area (TPSA) is 30.7 Å². The van der Waals surface area contributed by atoms with Gasteiger partial charge >= 0.3 is 0 Å². The fourth-order valence-corrected chi connectivity index (χ4v) is 1.61. The van der Waals surface area contributed by atoms with E-state index in [1.807, 2.05) is 11.7 Å². The summed E-state index contributed by atoms with van der Waals surface area (Å²) in [5, 5.41) is 4.19. The molecule has 0 fully saturated rings. The zero-order valence-corrected chi connectivity index (χ0v) is 10.1. The quantitative estimate of drug-likeness (QED) is 0.736. The van der Waals surface area contributed by atoms with Crippen molar-refractivity contribution in [1.82, 2.24) is 14.8 Å². The van der Waals surface area contributed by atoms with E-state index in [1.54, 1.807) is 0 Å². The van der Waals surface area contributed by atoms with Crippen molar-refractivity contribution in [3.63, 3.8) is 0 Å². The van der Waals surface area contributed by atoms with Gasteiger partial charge in [0.15, 0.2) is 0 Å². The first kappa shape index (κ1) is 9.95. The zero-order chi connectivity index (χ0) is 9.35. The number of aromatic nitrogens is 3. The normalized spacial score (nSPS) is 12.1. The molecule has 0 spiro atoms. The molecule has 1 aromatic rings. The van der Waals surface area contributed by atoms with E-state index in [0.717, 1.165) is 16.1 Å². The number of aryl methyl sites for hydroxylation is 1. The third kappa shape index (κ3) is 2.73. The van der Waals surface area contributed by atoms with E-state index >= 15 is 0 Å². The fraction of sp³-hybridized carbons (Fsp3) is 0.750. The van der Waals surface area contributed by atoms with Gasteiger partial charge < -0.3 is 0 Å². The van der Waals surface area contributed by atoms with Crippen LogP contribution in [0.25, 0.3) is 0 Å². The Hall–Kier alpha value is -0.130. The van der Waals surface area contributed by atoms with Gasteiger partial charge in [-0.3, -0.25) is 4.68 Å². The standard InChI is InChI=1S/C8H14IN3/c1-8(2,3)5-6-10-7(9)11-12(6)4/h5H2,1-4H3. The molecule has 0 aliphatic rings. The SMILES string of the molecule is Cn1nc(I)nc1CC(C)(C)C. The summed E-state index contributed by atoms with van der Waals surface area (Å²) in [5.74, 6) is 1.06. The molecule has 0 unspecified atom stereocenters. The number of hydrogen-bond donors (Lipinski definition) is 0. The van der Waals surface area contributed by atoms with E-state index in [2.05, 4.69) is 53.4 Å². The fourth-order valence-electron chi connectivity index (χ4n) is 1.01. The molecule has 0 aromatic carbocycles. The molecule has 0 saturated carbocycles. The second-order valence-electron chi connectivity index (χ2n) is 4.16. The Labute approximate surface area is 86.7 Å². The average molecular weight is 279 g/mol. The molecule has 0 radical (unpaired) electrons. The van der Waals surface area contributed by atoms with Gasteiger partial charge in [-0.25, -0.2) is 4.98 Å². The third-order valence-electron chi connectivity index (χ3n) is 1.52. The molecule has 0 N–H and O–H groups in total. The molecule has 3 nitrogen and oxygen atoms in total. The van der Waals surface area contributed by atoms with Gasteiger partial charge in [0.1, 0.15) is 5.82 Å². The molecule has 68 valence electrons. The Morgan fingerprint density at radius 3 is 2.33 bits per heavy atom. The number of nitrogens with zero attached hydrogens (tertiary/aromatic N) is 3. The molecule has 0 amide bonds. The van der Waals surface area contributed by atoms with Gasteiger partial charge in [-0.05, 0) is 5.41 Å². The van der Waals surface area contributed by atoms with E-state index < -0.39 is 0 Å². The number of halogens is 1. The largest absolute Gasteiger partial charge is 0.252 e. The van der Waals surface area contributed by atoms with Crippen molar-refractivity contribution in [1.29, 1.82) is 0 Å².